The molecule has 0 aliphatic carbocycles. The molecular formula is C24H46NO8P. The Morgan fingerprint density at radius 1 is 0.882 bits per heavy atom. The molecule has 200 valence electrons. The summed E-state index contributed by atoms with van der Waals surface area (Å²) in [5, 5.41) is 12.3. The zero-order valence-electron chi connectivity index (χ0n) is 21.0. The summed E-state index contributed by atoms with van der Waals surface area (Å²) in [5.74, 6) is -0.567. The van der Waals surface area contributed by atoms with Crippen molar-refractivity contribution in [2.24, 2.45) is 0 Å². The monoisotopic (exact) mass is 507 g/mol. The molecule has 2 atom stereocenters. The number of nitrogens with one attached hydrogen (secondary N) is 1. The van der Waals surface area contributed by atoms with E-state index in [-0.39, 0.29) is 32.1 Å². The fourth-order valence-electron chi connectivity index (χ4n) is 2.92. The molecule has 0 spiro atoms. The summed E-state index contributed by atoms with van der Waals surface area (Å²) in [6, 6.07) is 0. The minimum Gasteiger partial charge on any atom is -0.463 e. The van der Waals surface area contributed by atoms with E-state index in [1.54, 1.807) is 0 Å². The Morgan fingerprint density at radius 3 is 2.24 bits per heavy atom. The van der Waals surface area contributed by atoms with Gasteiger partial charge in [0.25, 0.3) is 0 Å². The molecule has 2 unspecified atom stereocenters. The van der Waals surface area contributed by atoms with E-state index in [0.717, 1.165) is 38.5 Å². The summed E-state index contributed by atoms with van der Waals surface area (Å²) in [4.78, 5) is 32.8. The van der Waals surface area contributed by atoms with Crippen LogP contribution in [-0.4, -0.2) is 54.3 Å². The van der Waals surface area contributed by atoms with Gasteiger partial charge in [0.15, 0.2) is 0 Å². The largest absolute Gasteiger partial charge is 0.472 e. The third kappa shape index (κ3) is 22.5. The minimum absolute atomic E-state index is 0.0781. The van der Waals surface area contributed by atoms with Gasteiger partial charge in [0.05, 0.1) is 13.2 Å². The first-order valence-electron chi connectivity index (χ1n) is 12.7. The molecule has 0 radical (unpaired) electrons. The molecule has 0 heterocycles. The lowest BCUT2D eigenvalue weighted by molar-refractivity contribution is -0.147. The number of hydrogen-bond acceptors (Lipinski definition) is 7. The van der Waals surface area contributed by atoms with Crippen LogP contribution in [0.4, 0.5) is 0 Å². The number of phosphoric ester groups is 1. The highest BCUT2D eigenvalue weighted by atomic mass is 31.2. The number of esters is 1. The van der Waals surface area contributed by atoms with Crippen molar-refractivity contribution in [2.75, 3.05) is 26.4 Å². The molecule has 34 heavy (non-hydrogen) atoms. The lowest BCUT2D eigenvalue weighted by Gasteiger charge is -2.15. The zero-order chi connectivity index (χ0) is 25.5. The van der Waals surface area contributed by atoms with E-state index in [1.807, 2.05) is 6.92 Å². The number of allylic oxidation sites excluding steroid dienone is 2. The van der Waals surface area contributed by atoms with E-state index in [9.17, 15) is 24.2 Å². The number of phosphoric acid groups is 1. The average Bonchev–Trinajstić information content (AvgIpc) is 2.81. The van der Waals surface area contributed by atoms with Crippen molar-refractivity contribution in [3.05, 3.63) is 12.2 Å². The molecule has 10 heteroatoms. The molecule has 0 aromatic rings. The Morgan fingerprint density at radius 2 is 1.53 bits per heavy atom. The number of aliphatic hydroxyl groups excluding tert-OH is 1. The Bertz CT molecular complexity index is 600. The van der Waals surface area contributed by atoms with Crippen molar-refractivity contribution < 1.29 is 37.9 Å². The number of amides is 1. The van der Waals surface area contributed by atoms with Gasteiger partial charge in [-0.1, -0.05) is 64.5 Å². The van der Waals surface area contributed by atoms with Crippen LogP contribution in [0.25, 0.3) is 0 Å². The van der Waals surface area contributed by atoms with Crippen LogP contribution in [0.2, 0.25) is 0 Å². The number of carbonyl (C=O) groups excluding carboxylic acids is 2. The molecule has 0 fully saturated rings. The van der Waals surface area contributed by atoms with Crippen molar-refractivity contribution in [3.8, 4) is 0 Å². The maximum atomic E-state index is 11.8. The summed E-state index contributed by atoms with van der Waals surface area (Å²) in [6.45, 7) is 3.17. The quantitative estimate of drug-likeness (QED) is 0.0777. The average molecular weight is 508 g/mol. The predicted molar refractivity (Wildman–Crippen MR) is 132 cm³/mol. The first-order valence-corrected chi connectivity index (χ1v) is 14.2. The van der Waals surface area contributed by atoms with E-state index >= 15 is 0 Å². The van der Waals surface area contributed by atoms with Gasteiger partial charge in [-0.2, -0.15) is 0 Å². The highest BCUT2D eigenvalue weighted by Gasteiger charge is 2.23. The van der Waals surface area contributed by atoms with Gasteiger partial charge in [0, 0.05) is 19.4 Å². The zero-order valence-corrected chi connectivity index (χ0v) is 21.9. The first-order chi connectivity index (χ1) is 16.3. The summed E-state index contributed by atoms with van der Waals surface area (Å²) in [5.41, 5.74) is 0. The summed E-state index contributed by atoms with van der Waals surface area (Å²) in [7, 11) is -4.38. The molecule has 0 aromatic carbocycles. The van der Waals surface area contributed by atoms with Crippen molar-refractivity contribution >= 4 is 19.7 Å². The van der Waals surface area contributed by atoms with Gasteiger partial charge in [-0.3, -0.25) is 18.6 Å². The second-order valence-corrected chi connectivity index (χ2v) is 9.76. The fourth-order valence-corrected chi connectivity index (χ4v) is 3.68. The maximum absolute atomic E-state index is 11.8. The molecule has 3 N–H and O–H groups in total. The molecule has 0 aliphatic heterocycles. The van der Waals surface area contributed by atoms with Gasteiger partial charge in [0.2, 0.25) is 5.91 Å². The van der Waals surface area contributed by atoms with Gasteiger partial charge in [-0.05, 0) is 32.1 Å². The predicted octanol–water partition coefficient (Wildman–Crippen LogP) is 4.81. The minimum atomic E-state index is -4.38. The Hall–Kier alpha value is -1.25. The summed E-state index contributed by atoms with van der Waals surface area (Å²) < 4.78 is 26.1. The highest BCUT2D eigenvalue weighted by Crippen LogP contribution is 2.42. The van der Waals surface area contributed by atoms with E-state index in [1.165, 1.54) is 25.7 Å². The number of unbranched alkanes of at least 4 members (excludes halogenated alkanes) is 8. The third-order valence-corrected chi connectivity index (χ3v) is 5.93. The lowest BCUT2D eigenvalue weighted by Crippen LogP contribution is -2.27. The highest BCUT2D eigenvalue weighted by molar-refractivity contribution is 7.47. The molecule has 0 saturated carbocycles. The number of hydrogen-bond donors (Lipinski definition) is 3. The molecule has 0 rings (SSSR count). The number of rotatable bonds is 23. The van der Waals surface area contributed by atoms with Crippen LogP contribution in [0.5, 0.6) is 0 Å². The van der Waals surface area contributed by atoms with E-state index < -0.39 is 26.5 Å². The number of carbonyl (C=O) groups is 2. The normalized spacial score (nSPS) is 14.1. The molecule has 0 saturated heterocycles. The van der Waals surface area contributed by atoms with E-state index in [4.69, 9.17) is 9.26 Å². The topological polar surface area (TPSA) is 131 Å². The van der Waals surface area contributed by atoms with Crippen molar-refractivity contribution in [1.82, 2.24) is 5.32 Å². The molecule has 9 nitrogen and oxygen atoms in total. The van der Waals surface area contributed by atoms with Gasteiger partial charge in [-0.15, -0.1) is 0 Å². The second kappa shape index (κ2) is 22.2. The van der Waals surface area contributed by atoms with Gasteiger partial charge >= 0.3 is 13.8 Å². The molecule has 1 amide bonds. The number of ether oxygens (including phenoxy) is 1. The van der Waals surface area contributed by atoms with Crippen LogP contribution in [0.15, 0.2) is 12.2 Å². The molecule has 0 aromatic heterocycles. The van der Waals surface area contributed by atoms with Crippen molar-refractivity contribution in [3.63, 3.8) is 0 Å². The first kappa shape index (κ1) is 32.8. The lowest BCUT2D eigenvalue weighted by atomic mass is 10.1. The van der Waals surface area contributed by atoms with Gasteiger partial charge in [-0.25, -0.2) is 4.57 Å². The molecule has 0 bridgehead atoms. The van der Waals surface area contributed by atoms with Crippen LogP contribution in [0.3, 0.4) is 0 Å². The standard InChI is InChI=1S/C24H46NO8P/c1-3-5-7-8-9-10-11-12-13-14-15-16-23(27)25-18-19-32-34(29,30)33-21-22(26)20-31-24(28)17-6-4-2/h8-9,22,26H,3-7,10-21H2,1-2H3,(H,25,27)(H,29,30)/b9-8-. The third-order valence-electron chi connectivity index (χ3n) is 4.95. The van der Waals surface area contributed by atoms with Crippen LogP contribution in [0, 0.1) is 0 Å². The SMILES string of the molecule is CCCC/C=C\CCCCCCCC(=O)NCCOP(=O)(O)OCC(O)COC(=O)CCCC. The molecule has 0 aliphatic rings. The fraction of sp³-hybridized carbons (Fsp3) is 0.833. The maximum Gasteiger partial charge on any atom is 0.472 e. The van der Waals surface area contributed by atoms with Crippen LogP contribution >= 0.6 is 7.82 Å². The Kier molecular flexibility index (Phi) is 21.4. The Labute approximate surface area is 205 Å². The Balaban J connectivity index is 3.67. The van der Waals surface area contributed by atoms with Gasteiger partial charge in [0.1, 0.15) is 12.7 Å². The molecular weight excluding hydrogens is 461 g/mol. The van der Waals surface area contributed by atoms with E-state index in [2.05, 4.69) is 28.9 Å². The van der Waals surface area contributed by atoms with E-state index in [0.29, 0.717) is 12.8 Å². The van der Waals surface area contributed by atoms with Crippen LogP contribution in [0.1, 0.15) is 97.3 Å². The summed E-state index contributed by atoms with van der Waals surface area (Å²) >= 11 is 0. The smallest absolute Gasteiger partial charge is 0.463 e. The van der Waals surface area contributed by atoms with Gasteiger partial charge < -0.3 is 20.1 Å². The van der Waals surface area contributed by atoms with Crippen LogP contribution in [-0.2, 0) is 27.9 Å². The number of aliphatic hydroxyl groups is 1. The second-order valence-electron chi connectivity index (χ2n) is 8.31. The van der Waals surface area contributed by atoms with Crippen molar-refractivity contribution in [1.29, 1.82) is 0 Å². The summed E-state index contributed by atoms with van der Waals surface area (Å²) in [6.07, 6.45) is 15.5. The van der Waals surface area contributed by atoms with Crippen molar-refractivity contribution in [2.45, 2.75) is 103 Å². The van der Waals surface area contributed by atoms with Crippen LogP contribution < -0.4 is 5.32 Å².